The molecular weight excluding hydrogens is 180 g/mol. The summed E-state index contributed by atoms with van der Waals surface area (Å²) in [7, 11) is 0. The van der Waals surface area contributed by atoms with Gasteiger partial charge in [0.05, 0.1) is 13.2 Å². The number of ether oxygens (including phenoxy) is 1. The van der Waals surface area contributed by atoms with E-state index in [9.17, 15) is 0 Å². The molecule has 0 aromatic carbocycles. The van der Waals surface area contributed by atoms with Gasteiger partial charge in [0, 0.05) is 13.1 Å². The predicted molar refractivity (Wildman–Crippen MR) is 54.2 cm³/mol. The van der Waals surface area contributed by atoms with Crippen LogP contribution in [0.3, 0.4) is 0 Å². The first-order chi connectivity index (χ1) is 6.77. The van der Waals surface area contributed by atoms with Crippen molar-refractivity contribution in [1.29, 1.82) is 0 Å². The van der Waals surface area contributed by atoms with Crippen molar-refractivity contribution in [2.24, 2.45) is 0 Å². The van der Waals surface area contributed by atoms with E-state index in [1.807, 2.05) is 13.0 Å². The third-order valence-corrected chi connectivity index (χ3v) is 2.34. The number of hydrogen-bond donors (Lipinski definition) is 1. The van der Waals surface area contributed by atoms with Crippen molar-refractivity contribution in [2.45, 2.75) is 6.92 Å². The molecule has 0 amide bonds. The zero-order valence-corrected chi connectivity index (χ0v) is 8.23. The monoisotopic (exact) mass is 194 g/mol. The fourth-order valence-electron chi connectivity index (χ4n) is 1.43. The van der Waals surface area contributed by atoms with E-state index < -0.39 is 0 Å². The first-order valence-electron chi connectivity index (χ1n) is 4.70. The second-order valence-corrected chi connectivity index (χ2v) is 3.37. The molecule has 0 radical (unpaired) electrons. The largest absolute Gasteiger partial charge is 0.382 e. The molecule has 5 heteroatoms. The van der Waals surface area contributed by atoms with Crippen LogP contribution in [-0.2, 0) is 4.74 Å². The van der Waals surface area contributed by atoms with Crippen LogP contribution >= 0.6 is 0 Å². The van der Waals surface area contributed by atoms with Crippen LogP contribution in [0.5, 0.6) is 0 Å². The Kier molecular flexibility index (Phi) is 2.49. The van der Waals surface area contributed by atoms with E-state index in [1.165, 1.54) is 0 Å². The van der Waals surface area contributed by atoms with Crippen LogP contribution in [0.1, 0.15) is 5.56 Å². The van der Waals surface area contributed by atoms with Crippen LogP contribution in [0.15, 0.2) is 6.07 Å². The first-order valence-corrected chi connectivity index (χ1v) is 4.70. The molecule has 76 valence electrons. The van der Waals surface area contributed by atoms with Crippen molar-refractivity contribution in [3.63, 3.8) is 0 Å². The SMILES string of the molecule is Cc1cc(N2CCOCC2)nnc1N. The molecule has 0 aliphatic carbocycles. The number of anilines is 2. The molecule has 1 aliphatic rings. The smallest absolute Gasteiger partial charge is 0.151 e. The van der Waals surface area contributed by atoms with Gasteiger partial charge in [-0.05, 0) is 18.6 Å². The molecule has 0 bridgehead atoms. The number of nitrogen functional groups attached to an aromatic ring is 1. The van der Waals surface area contributed by atoms with Gasteiger partial charge in [0.1, 0.15) is 5.82 Å². The van der Waals surface area contributed by atoms with Gasteiger partial charge < -0.3 is 15.4 Å². The third kappa shape index (κ3) is 1.77. The maximum atomic E-state index is 5.60. The lowest BCUT2D eigenvalue weighted by Gasteiger charge is -2.27. The first kappa shape index (κ1) is 9.21. The normalized spacial score (nSPS) is 17.1. The van der Waals surface area contributed by atoms with Crippen LogP contribution in [0, 0.1) is 6.92 Å². The minimum Gasteiger partial charge on any atom is -0.382 e. The summed E-state index contributed by atoms with van der Waals surface area (Å²) in [4.78, 5) is 2.16. The second-order valence-electron chi connectivity index (χ2n) is 3.37. The van der Waals surface area contributed by atoms with E-state index in [1.54, 1.807) is 0 Å². The van der Waals surface area contributed by atoms with Gasteiger partial charge in [-0.15, -0.1) is 10.2 Å². The van der Waals surface area contributed by atoms with Crippen molar-refractivity contribution >= 4 is 11.6 Å². The predicted octanol–water partition coefficient (Wildman–Crippen LogP) is 0.204. The molecule has 14 heavy (non-hydrogen) atoms. The zero-order valence-electron chi connectivity index (χ0n) is 8.23. The van der Waals surface area contributed by atoms with Crippen molar-refractivity contribution in [3.05, 3.63) is 11.6 Å². The number of rotatable bonds is 1. The summed E-state index contributed by atoms with van der Waals surface area (Å²) in [6.45, 7) is 5.19. The quantitative estimate of drug-likeness (QED) is 0.692. The van der Waals surface area contributed by atoms with E-state index in [2.05, 4.69) is 15.1 Å². The summed E-state index contributed by atoms with van der Waals surface area (Å²) in [5.41, 5.74) is 6.58. The molecule has 1 saturated heterocycles. The molecule has 0 spiro atoms. The van der Waals surface area contributed by atoms with E-state index in [-0.39, 0.29) is 0 Å². The highest BCUT2D eigenvalue weighted by atomic mass is 16.5. The van der Waals surface area contributed by atoms with Gasteiger partial charge in [0.2, 0.25) is 0 Å². The lowest BCUT2D eigenvalue weighted by Crippen LogP contribution is -2.37. The Labute approximate surface area is 82.9 Å². The van der Waals surface area contributed by atoms with E-state index in [0.717, 1.165) is 37.7 Å². The summed E-state index contributed by atoms with van der Waals surface area (Å²) in [6.07, 6.45) is 0. The molecule has 1 aliphatic heterocycles. The Hall–Kier alpha value is -1.36. The summed E-state index contributed by atoms with van der Waals surface area (Å²) < 4.78 is 5.26. The topological polar surface area (TPSA) is 64.3 Å². The Morgan fingerprint density at radius 2 is 2.07 bits per heavy atom. The molecule has 0 atom stereocenters. The Bertz CT molecular complexity index is 323. The summed E-state index contributed by atoms with van der Waals surface area (Å²) in [6, 6.07) is 1.97. The van der Waals surface area contributed by atoms with Crippen LogP contribution < -0.4 is 10.6 Å². The molecule has 2 N–H and O–H groups in total. The van der Waals surface area contributed by atoms with Crippen LogP contribution in [0.4, 0.5) is 11.6 Å². The zero-order chi connectivity index (χ0) is 9.97. The Morgan fingerprint density at radius 1 is 1.36 bits per heavy atom. The number of morpholine rings is 1. The van der Waals surface area contributed by atoms with E-state index in [0.29, 0.717) is 5.82 Å². The lowest BCUT2D eigenvalue weighted by molar-refractivity contribution is 0.122. The maximum Gasteiger partial charge on any atom is 0.151 e. The standard InChI is InChI=1S/C9H14N4O/c1-7-6-8(11-12-9(7)10)13-2-4-14-5-3-13/h6H,2-5H2,1H3,(H2,10,12). The van der Waals surface area contributed by atoms with Gasteiger partial charge in [-0.1, -0.05) is 0 Å². The number of nitrogens with two attached hydrogens (primary N) is 1. The van der Waals surface area contributed by atoms with E-state index >= 15 is 0 Å². The van der Waals surface area contributed by atoms with Crippen molar-refractivity contribution in [1.82, 2.24) is 10.2 Å². The molecule has 2 rings (SSSR count). The van der Waals surface area contributed by atoms with Crippen LogP contribution in [-0.4, -0.2) is 36.5 Å². The van der Waals surface area contributed by atoms with Gasteiger partial charge in [0.15, 0.2) is 5.82 Å². The maximum absolute atomic E-state index is 5.60. The van der Waals surface area contributed by atoms with Crippen LogP contribution in [0.25, 0.3) is 0 Å². The molecule has 1 aromatic rings. The van der Waals surface area contributed by atoms with Gasteiger partial charge >= 0.3 is 0 Å². The fraction of sp³-hybridized carbons (Fsp3) is 0.556. The average Bonchev–Trinajstić information content (AvgIpc) is 2.23. The summed E-state index contributed by atoms with van der Waals surface area (Å²) in [5.74, 6) is 1.39. The number of aromatic nitrogens is 2. The van der Waals surface area contributed by atoms with Gasteiger partial charge in [-0.2, -0.15) is 0 Å². The molecule has 1 fully saturated rings. The molecule has 5 nitrogen and oxygen atoms in total. The molecule has 0 unspecified atom stereocenters. The summed E-state index contributed by atoms with van der Waals surface area (Å²) in [5, 5.41) is 7.96. The minimum atomic E-state index is 0.502. The van der Waals surface area contributed by atoms with Gasteiger partial charge in [-0.3, -0.25) is 0 Å². The van der Waals surface area contributed by atoms with Crippen molar-refractivity contribution in [3.8, 4) is 0 Å². The highest BCUT2D eigenvalue weighted by Gasteiger charge is 2.13. The molecular formula is C9H14N4O. The summed E-state index contributed by atoms with van der Waals surface area (Å²) >= 11 is 0. The van der Waals surface area contributed by atoms with E-state index in [4.69, 9.17) is 10.5 Å². The lowest BCUT2D eigenvalue weighted by atomic mass is 10.3. The van der Waals surface area contributed by atoms with Gasteiger partial charge in [-0.25, -0.2) is 0 Å². The fourth-order valence-corrected chi connectivity index (χ4v) is 1.43. The second kappa shape index (κ2) is 3.79. The highest BCUT2D eigenvalue weighted by molar-refractivity contribution is 5.47. The molecule has 2 heterocycles. The highest BCUT2D eigenvalue weighted by Crippen LogP contribution is 2.15. The van der Waals surface area contributed by atoms with Gasteiger partial charge in [0.25, 0.3) is 0 Å². The number of nitrogens with zero attached hydrogens (tertiary/aromatic N) is 3. The molecule has 0 saturated carbocycles. The van der Waals surface area contributed by atoms with Crippen molar-refractivity contribution in [2.75, 3.05) is 36.9 Å². The minimum absolute atomic E-state index is 0.502. The van der Waals surface area contributed by atoms with Crippen LogP contribution in [0.2, 0.25) is 0 Å². The molecule has 1 aromatic heterocycles. The Balaban J connectivity index is 2.18. The number of aryl methyl sites for hydroxylation is 1. The van der Waals surface area contributed by atoms with Crippen molar-refractivity contribution < 1.29 is 4.74 Å². The third-order valence-electron chi connectivity index (χ3n) is 2.34. The number of hydrogen-bond acceptors (Lipinski definition) is 5. The average molecular weight is 194 g/mol. The Morgan fingerprint density at radius 3 is 2.71 bits per heavy atom.